The molecular weight excluding hydrogens is 310 g/mol. The molecule has 0 heterocycles. The Kier molecular flexibility index (Phi) is 6.86. The van der Waals surface area contributed by atoms with Crippen molar-refractivity contribution in [3.05, 3.63) is 47.2 Å². The number of hydrogen-bond donors (Lipinski definition) is 2. The third-order valence-corrected chi connectivity index (χ3v) is 5.15. The molecule has 136 valence electrons. The Morgan fingerprint density at radius 3 is 2.56 bits per heavy atom. The summed E-state index contributed by atoms with van der Waals surface area (Å²) in [6, 6.07) is 5.39. The highest BCUT2D eigenvalue weighted by Gasteiger charge is 2.24. The Balaban J connectivity index is 2.35. The van der Waals surface area contributed by atoms with Crippen LogP contribution in [0.4, 0.5) is 0 Å². The molecular formula is C22H31NO2. The molecule has 0 spiro atoms. The molecule has 2 rings (SSSR count). The molecule has 3 heteroatoms. The number of aromatic hydroxyl groups is 1. The average molecular weight is 341 g/mol. The molecule has 0 bridgehead atoms. The van der Waals surface area contributed by atoms with Gasteiger partial charge in [-0.05, 0) is 74.4 Å². The van der Waals surface area contributed by atoms with Crippen LogP contribution in [-0.2, 0) is 4.79 Å². The summed E-state index contributed by atoms with van der Waals surface area (Å²) >= 11 is 0. The van der Waals surface area contributed by atoms with Crippen LogP contribution in [0.25, 0.3) is 5.57 Å². The van der Waals surface area contributed by atoms with Crippen LogP contribution in [0.2, 0.25) is 0 Å². The largest absolute Gasteiger partial charge is 0.508 e. The lowest BCUT2D eigenvalue weighted by Gasteiger charge is -2.23. The molecule has 0 amide bonds. The van der Waals surface area contributed by atoms with Gasteiger partial charge in [0.25, 0.3) is 0 Å². The van der Waals surface area contributed by atoms with Gasteiger partial charge in [-0.3, -0.25) is 4.79 Å². The predicted octanol–water partition coefficient (Wildman–Crippen LogP) is 5.14. The Hall–Kier alpha value is -2.03. The van der Waals surface area contributed by atoms with Gasteiger partial charge in [-0.1, -0.05) is 31.9 Å². The minimum atomic E-state index is 0.162. The number of nitrogens with one attached hydrogen (secondary N) is 1. The van der Waals surface area contributed by atoms with Gasteiger partial charge in [0.2, 0.25) is 0 Å². The van der Waals surface area contributed by atoms with Gasteiger partial charge in [-0.25, -0.2) is 0 Å². The molecule has 0 unspecified atom stereocenters. The van der Waals surface area contributed by atoms with E-state index in [-0.39, 0.29) is 17.5 Å². The van der Waals surface area contributed by atoms with Crippen LogP contribution in [0.3, 0.4) is 0 Å². The van der Waals surface area contributed by atoms with Crippen LogP contribution in [0.1, 0.15) is 63.5 Å². The fourth-order valence-corrected chi connectivity index (χ4v) is 3.68. The minimum absolute atomic E-state index is 0.162. The van der Waals surface area contributed by atoms with Crippen molar-refractivity contribution in [3.63, 3.8) is 0 Å². The van der Waals surface area contributed by atoms with E-state index in [4.69, 9.17) is 0 Å². The smallest absolute Gasteiger partial charge is 0.161 e. The first-order chi connectivity index (χ1) is 11.9. The van der Waals surface area contributed by atoms with Crippen LogP contribution in [0.15, 0.2) is 36.0 Å². The predicted molar refractivity (Wildman–Crippen MR) is 104 cm³/mol. The van der Waals surface area contributed by atoms with Gasteiger partial charge in [-0.2, -0.15) is 0 Å². The van der Waals surface area contributed by atoms with Gasteiger partial charge in [-0.15, -0.1) is 0 Å². The van der Waals surface area contributed by atoms with E-state index in [0.717, 1.165) is 66.6 Å². The molecule has 25 heavy (non-hydrogen) atoms. The van der Waals surface area contributed by atoms with E-state index in [0.29, 0.717) is 0 Å². The lowest BCUT2D eigenvalue weighted by molar-refractivity contribution is -0.120. The molecule has 0 atom stereocenters. The average Bonchev–Trinajstić information content (AvgIpc) is 2.60. The molecule has 1 aromatic carbocycles. The topological polar surface area (TPSA) is 49.3 Å². The SMILES string of the molecule is C=C(C)NCC/C(=C(/C)C(=O)C1CCCCC1)c1cc(O)ccc1C. The number of aryl methyl sites for hydroxylation is 1. The lowest BCUT2D eigenvalue weighted by Crippen LogP contribution is -2.20. The normalized spacial score (nSPS) is 16.3. The van der Waals surface area contributed by atoms with E-state index in [1.807, 2.05) is 26.8 Å². The summed E-state index contributed by atoms with van der Waals surface area (Å²) in [5.74, 6) is 0.687. The van der Waals surface area contributed by atoms with Gasteiger partial charge >= 0.3 is 0 Å². The van der Waals surface area contributed by atoms with Crippen molar-refractivity contribution in [2.24, 2.45) is 5.92 Å². The van der Waals surface area contributed by atoms with E-state index >= 15 is 0 Å². The second-order valence-electron chi connectivity index (χ2n) is 7.26. The zero-order valence-electron chi connectivity index (χ0n) is 15.8. The number of carbonyl (C=O) groups excluding carboxylic acids is 1. The lowest BCUT2D eigenvalue weighted by atomic mass is 9.81. The number of phenols is 1. The second-order valence-corrected chi connectivity index (χ2v) is 7.26. The van der Waals surface area contributed by atoms with Crippen molar-refractivity contribution in [2.45, 2.75) is 59.3 Å². The Labute approximate surface area is 151 Å². The number of rotatable bonds is 7. The third-order valence-electron chi connectivity index (χ3n) is 5.15. The van der Waals surface area contributed by atoms with Crippen molar-refractivity contribution in [1.29, 1.82) is 0 Å². The van der Waals surface area contributed by atoms with Gasteiger partial charge < -0.3 is 10.4 Å². The maximum atomic E-state index is 13.0. The molecule has 0 saturated heterocycles. The molecule has 1 aliphatic rings. The third kappa shape index (κ3) is 5.22. The number of phenolic OH excluding ortho intramolecular Hbond substituents is 1. The van der Waals surface area contributed by atoms with Gasteiger partial charge in [0, 0.05) is 18.2 Å². The Morgan fingerprint density at radius 1 is 1.24 bits per heavy atom. The summed E-state index contributed by atoms with van der Waals surface area (Å²) in [6.45, 7) is 10.5. The first-order valence-corrected chi connectivity index (χ1v) is 9.33. The van der Waals surface area contributed by atoms with E-state index < -0.39 is 0 Å². The summed E-state index contributed by atoms with van der Waals surface area (Å²) in [5.41, 5.74) is 4.87. The second kappa shape index (κ2) is 8.89. The van der Waals surface area contributed by atoms with E-state index in [1.54, 1.807) is 12.1 Å². The number of hydrogen-bond acceptors (Lipinski definition) is 3. The molecule has 1 aromatic rings. The molecule has 1 aliphatic carbocycles. The fourth-order valence-electron chi connectivity index (χ4n) is 3.68. The minimum Gasteiger partial charge on any atom is -0.508 e. The van der Waals surface area contributed by atoms with Gasteiger partial charge in [0.05, 0.1) is 0 Å². The van der Waals surface area contributed by atoms with Crippen LogP contribution < -0.4 is 5.32 Å². The molecule has 0 aliphatic heterocycles. The monoisotopic (exact) mass is 341 g/mol. The van der Waals surface area contributed by atoms with Crippen LogP contribution in [0.5, 0.6) is 5.75 Å². The van der Waals surface area contributed by atoms with E-state index in [9.17, 15) is 9.90 Å². The van der Waals surface area contributed by atoms with E-state index in [2.05, 4.69) is 11.9 Å². The van der Waals surface area contributed by atoms with Crippen molar-refractivity contribution in [1.82, 2.24) is 5.32 Å². The van der Waals surface area contributed by atoms with Gasteiger partial charge in [0.1, 0.15) is 5.75 Å². The quantitative estimate of drug-likeness (QED) is 0.675. The first kappa shape index (κ1) is 19.3. The zero-order valence-corrected chi connectivity index (χ0v) is 15.8. The summed E-state index contributed by atoms with van der Waals surface area (Å²) in [6.07, 6.45) is 6.30. The summed E-state index contributed by atoms with van der Waals surface area (Å²) in [7, 11) is 0. The first-order valence-electron chi connectivity index (χ1n) is 9.33. The molecule has 3 nitrogen and oxygen atoms in total. The van der Waals surface area contributed by atoms with Crippen LogP contribution in [0, 0.1) is 12.8 Å². The van der Waals surface area contributed by atoms with Crippen molar-refractivity contribution in [2.75, 3.05) is 6.54 Å². The Bertz CT molecular complexity index is 667. The zero-order chi connectivity index (χ0) is 18.4. The molecule has 2 N–H and O–H groups in total. The summed E-state index contributed by atoms with van der Waals surface area (Å²) in [5, 5.41) is 13.2. The molecule has 1 fully saturated rings. The highest BCUT2D eigenvalue weighted by atomic mass is 16.3. The number of benzene rings is 1. The summed E-state index contributed by atoms with van der Waals surface area (Å²) in [4.78, 5) is 13.0. The fraction of sp³-hybridized carbons (Fsp3) is 0.500. The maximum absolute atomic E-state index is 13.0. The summed E-state index contributed by atoms with van der Waals surface area (Å²) < 4.78 is 0. The van der Waals surface area contributed by atoms with Crippen molar-refractivity contribution < 1.29 is 9.90 Å². The standard InChI is InChI=1S/C22H31NO2/c1-15(2)23-13-12-20(21-14-19(24)11-10-16(21)3)17(4)22(25)18-8-6-5-7-9-18/h10-11,14,18,23-24H,1,5-9,12-13H2,2-4H3/b20-17+. The Morgan fingerprint density at radius 2 is 1.92 bits per heavy atom. The van der Waals surface area contributed by atoms with E-state index in [1.165, 1.54) is 6.42 Å². The van der Waals surface area contributed by atoms with Crippen molar-refractivity contribution in [3.8, 4) is 5.75 Å². The number of carbonyl (C=O) groups is 1. The highest BCUT2D eigenvalue weighted by molar-refractivity contribution is 6.03. The molecule has 0 aromatic heterocycles. The van der Waals surface area contributed by atoms with Gasteiger partial charge in [0.15, 0.2) is 5.78 Å². The molecule has 0 radical (unpaired) electrons. The highest BCUT2D eigenvalue weighted by Crippen LogP contribution is 2.32. The molecule has 1 saturated carbocycles. The van der Waals surface area contributed by atoms with Crippen LogP contribution >= 0.6 is 0 Å². The number of Topliss-reactive ketones (excluding diaryl/α,β-unsaturated/α-hetero) is 1. The maximum Gasteiger partial charge on any atom is 0.161 e. The number of ketones is 1. The van der Waals surface area contributed by atoms with Crippen LogP contribution in [-0.4, -0.2) is 17.4 Å². The van der Waals surface area contributed by atoms with Crippen molar-refractivity contribution >= 4 is 11.4 Å². The number of allylic oxidation sites excluding steroid dienone is 2.